The van der Waals surface area contributed by atoms with Crippen LogP contribution in [0.5, 0.6) is 0 Å². The Balaban J connectivity index is 1.45. The summed E-state index contributed by atoms with van der Waals surface area (Å²) in [6.45, 7) is 2.40. The first-order valence-electron chi connectivity index (χ1n) is 10.0. The van der Waals surface area contributed by atoms with E-state index in [0.29, 0.717) is 16.5 Å². The third kappa shape index (κ3) is 4.43. The topological polar surface area (TPSA) is 53.7 Å². The maximum atomic E-state index is 12.7. The Bertz CT molecular complexity index is 990. The van der Waals surface area contributed by atoms with Gasteiger partial charge in [-0.2, -0.15) is 5.10 Å². The van der Waals surface area contributed by atoms with E-state index in [-0.39, 0.29) is 5.91 Å². The molecule has 6 nitrogen and oxygen atoms in total. The summed E-state index contributed by atoms with van der Waals surface area (Å²) in [5.74, 6) is 0.617. The normalized spacial score (nSPS) is 15.4. The lowest BCUT2D eigenvalue weighted by Gasteiger charge is -2.32. The van der Waals surface area contributed by atoms with E-state index < -0.39 is 0 Å². The molecule has 1 amide bonds. The van der Waals surface area contributed by atoms with E-state index in [1.54, 1.807) is 30.5 Å². The van der Waals surface area contributed by atoms with Crippen molar-refractivity contribution in [1.82, 2.24) is 24.4 Å². The summed E-state index contributed by atoms with van der Waals surface area (Å²) in [7, 11) is 4.13. The average Bonchev–Trinajstić information content (AvgIpc) is 3.19. The van der Waals surface area contributed by atoms with Gasteiger partial charge >= 0.3 is 0 Å². The van der Waals surface area contributed by atoms with Crippen LogP contribution in [-0.4, -0.2) is 57.5 Å². The number of halogens is 1. The van der Waals surface area contributed by atoms with Crippen molar-refractivity contribution in [3.05, 3.63) is 64.6 Å². The minimum Gasteiger partial charge on any atom is -0.339 e. The molecule has 0 aliphatic carbocycles. The number of hydrogen-bond acceptors (Lipinski definition) is 4. The zero-order valence-electron chi connectivity index (χ0n) is 16.9. The highest BCUT2D eigenvalue weighted by Gasteiger charge is 2.25. The van der Waals surface area contributed by atoms with Crippen molar-refractivity contribution >= 4 is 23.2 Å². The molecule has 0 atom stereocenters. The van der Waals surface area contributed by atoms with E-state index in [9.17, 15) is 4.79 Å². The summed E-state index contributed by atoms with van der Waals surface area (Å²) in [4.78, 5) is 21.4. The molecular formula is C22H26ClN5O. The lowest BCUT2D eigenvalue weighted by molar-refractivity contribution is 0.0690. The highest BCUT2D eigenvalue weighted by atomic mass is 35.5. The Morgan fingerprint density at radius 2 is 1.90 bits per heavy atom. The van der Waals surface area contributed by atoms with Crippen LogP contribution >= 0.6 is 11.6 Å². The van der Waals surface area contributed by atoms with E-state index in [0.717, 1.165) is 44.5 Å². The fraction of sp³-hybridized carbons (Fsp3) is 0.409. The highest BCUT2D eigenvalue weighted by molar-refractivity contribution is 6.30. The van der Waals surface area contributed by atoms with Crippen LogP contribution in [-0.2, 0) is 13.0 Å². The molecule has 0 bridgehead atoms. The molecule has 1 aliphatic rings. The van der Waals surface area contributed by atoms with Gasteiger partial charge in [0.2, 0.25) is 0 Å². The minimum atomic E-state index is 0.0896. The largest absolute Gasteiger partial charge is 0.339 e. The van der Waals surface area contributed by atoms with Gasteiger partial charge in [-0.1, -0.05) is 11.6 Å². The van der Waals surface area contributed by atoms with Crippen LogP contribution in [0.4, 0.5) is 0 Å². The molecule has 4 rings (SSSR count). The van der Waals surface area contributed by atoms with Crippen LogP contribution in [0.3, 0.4) is 0 Å². The first-order chi connectivity index (χ1) is 14.0. The van der Waals surface area contributed by atoms with Crippen molar-refractivity contribution < 1.29 is 4.79 Å². The number of fused-ring (bicyclic) bond motifs is 1. The van der Waals surface area contributed by atoms with Crippen molar-refractivity contribution in [3.63, 3.8) is 0 Å². The molecule has 0 radical (unpaired) electrons. The Hall–Kier alpha value is -2.44. The molecule has 1 aliphatic heterocycles. The van der Waals surface area contributed by atoms with E-state index in [4.69, 9.17) is 11.6 Å². The van der Waals surface area contributed by atoms with E-state index in [1.807, 2.05) is 21.7 Å². The molecule has 0 spiro atoms. The standard InChI is InChI=1S/C22H26ClN5O/c1-26(2)15-18-14-24-21-7-10-25-28(21)20(18)13-16-8-11-27(12-9-16)22(29)17-3-5-19(23)6-4-17/h3-7,10,14,16H,8-9,11-13,15H2,1-2H3. The number of benzene rings is 1. The monoisotopic (exact) mass is 411 g/mol. The van der Waals surface area contributed by atoms with Crippen LogP contribution in [0.25, 0.3) is 5.65 Å². The van der Waals surface area contributed by atoms with Crippen LogP contribution in [0.15, 0.2) is 42.7 Å². The summed E-state index contributed by atoms with van der Waals surface area (Å²) in [5, 5.41) is 5.15. The predicted octanol–water partition coefficient (Wildman–Crippen LogP) is 3.54. The third-order valence-corrected chi connectivity index (χ3v) is 5.82. The number of carbonyl (C=O) groups is 1. The van der Waals surface area contributed by atoms with Crippen molar-refractivity contribution in [2.75, 3.05) is 27.2 Å². The molecular weight excluding hydrogens is 386 g/mol. The predicted molar refractivity (Wildman–Crippen MR) is 114 cm³/mol. The molecule has 152 valence electrons. The van der Waals surface area contributed by atoms with E-state index >= 15 is 0 Å². The molecule has 3 heterocycles. The lowest BCUT2D eigenvalue weighted by Crippen LogP contribution is -2.39. The molecule has 1 fully saturated rings. The summed E-state index contributed by atoms with van der Waals surface area (Å²) >= 11 is 5.94. The summed E-state index contributed by atoms with van der Waals surface area (Å²) in [6, 6.07) is 9.08. The fourth-order valence-corrected chi connectivity index (χ4v) is 4.16. The molecule has 0 N–H and O–H groups in total. The zero-order valence-corrected chi connectivity index (χ0v) is 17.6. The number of hydrogen-bond donors (Lipinski definition) is 0. The summed E-state index contributed by atoms with van der Waals surface area (Å²) in [6.07, 6.45) is 6.72. The van der Waals surface area contributed by atoms with Gasteiger partial charge in [0.15, 0.2) is 5.65 Å². The Morgan fingerprint density at radius 3 is 2.59 bits per heavy atom. The fourth-order valence-electron chi connectivity index (χ4n) is 4.04. The Kier molecular flexibility index (Phi) is 5.83. The molecule has 0 unspecified atom stereocenters. The number of likely N-dealkylation sites (tertiary alicyclic amines) is 1. The number of rotatable bonds is 5. The van der Waals surface area contributed by atoms with Gasteiger partial charge in [-0.15, -0.1) is 0 Å². The third-order valence-electron chi connectivity index (χ3n) is 5.56. The van der Waals surface area contributed by atoms with Crippen molar-refractivity contribution in [2.45, 2.75) is 25.8 Å². The van der Waals surface area contributed by atoms with Gasteiger partial charge in [0.05, 0.1) is 11.9 Å². The summed E-state index contributed by atoms with van der Waals surface area (Å²) < 4.78 is 1.98. The maximum absolute atomic E-state index is 12.7. The van der Waals surface area contributed by atoms with Gasteiger partial charge in [-0.3, -0.25) is 4.79 Å². The molecule has 1 aromatic carbocycles. The first kappa shape index (κ1) is 19.9. The molecule has 29 heavy (non-hydrogen) atoms. The van der Waals surface area contributed by atoms with Crippen LogP contribution < -0.4 is 0 Å². The Labute approximate surface area is 176 Å². The van der Waals surface area contributed by atoms with Gasteiger partial charge in [-0.25, -0.2) is 9.50 Å². The number of piperidine rings is 1. The maximum Gasteiger partial charge on any atom is 0.253 e. The average molecular weight is 412 g/mol. The highest BCUT2D eigenvalue weighted by Crippen LogP contribution is 2.25. The van der Waals surface area contributed by atoms with Gasteiger partial charge in [0.25, 0.3) is 5.91 Å². The number of aromatic nitrogens is 3. The second kappa shape index (κ2) is 8.51. The van der Waals surface area contributed by atoms with Crippen molar-refractivity contribution in [2.24, 2.45) is 5.92 Å². The number of nitrogens with zero attached hydrogens (tertiary/aromatic N) is 5. The molecule has 3 aromatic rings. The van der Waals surface area contributed by atoms with Gasteiger partial charge < -0.3 is 9.80 Å². The van der Waals surface area contributed by atoms with Crippen LogP contribution in [0.1, 0.15) is 34.5 Å². The lowest BCUT2D eigenvalue weighted by atomic mass is 9.90. The minimum absolute atomic E-state index is 0.0896. The van der Waals surface area contributed by atoms with Crippen molar-refractivity contribution in [1.29, 1.82) is 0 Å². The zero-order chi connectivity index (χ0) is 20.4. The number of amides is 1. The summed E-state index contributed by atoms with van der Waals surface area (Å²) in [5.41, 5.74) is 4.04. The van der Waals surface area contributed by atoms with Gasteiger partial charge in [-0.05, 0) is 63.5 Å². The van der Waals surface area contributed by atoms with Gasteiger partial charge in [0.1, 0.15) is 0 Å². The van der Waals surface area contributed by atoms with Gasteiger partial charge in [0, 0.05) is 48.0 Å². The van der Waals surface area contributed by atoms with E-state index in [1.165, 1.54) is 11.3 Å². The SMILES string of the molecule is CN(C)Cc1cnc2ccnn2c1CC1CCN(C(=O)c2ccc(Cl)cc2)CC1. The second-order valence-electron chi connectivity index (χ2n) is 8.02. The molecule has 0 saturated carbocycles. The quantitative estimate of drug-likeness (QED) is 0.644. The van der Waals surface area contributed by atoms with Crippen molar-refractivity contribution in [3.8, 4) is 0 Å². The molecule has 2 aromatic heterocycles. The first-order valence-corrected chi connectivity index (χ1v) is 10.4. The Morgan fingerprint density at radius 1 is 1.17 bits per heavy atom. The molecule has 1 saturated heterocycles. The second-order valence-corrected chi connectivity index (χ2v) is 8.45. The van der Waals surface area contributed by atoms with E-state index in [2.05, 4.69) is 29.1 Å². The number of carbonyl (C=O) groups excluding carboxylic acids is 1. The van der Waals surface area contributed by atoms with Crippen LogP contribution in [0, 0.1) is 5.92 Å². The smallest absolute Gasteiger partial charge is 0.253 e. The molecule has 7 heteroatoms. The van der Waals surface area contributed by atoms with Crippen LogP contribution in [0.2, 0.25) is 5.02 Å².